The van der Waals surface area contributed by atoms with Crippen molar-refractivity contribution in [2.75, 3.05) is 0 Å². The molecule has 62 valence electrons. The zero-order valence-corrected chi connectivity index (χ0v) is 7.96. The average Bonchev–Trinajstić information content (AvgIpc) is 1.84. The Morgan fingerprint density at radius 3 is 2.27 bits per heavy atom. The molecular weight excluding hydrogens is 160 g/mol. The third-order valence-corrected chi connectivity index (χ3v) is 1.84. The van der Waals surface area contributed by atoms with E-state index in [1.165, 1.54) is 5.94 Å². The summed E-state index contributed by atoms with van der Waals surface area (Å²) in [7, 11) is -1.72. The van der Waals surface area contributed by atoms with Gasteiger partial charge in [-0.15, -0.1) is 0 Å². The van der Waals surface area contributed by atoms with E-state index in [0.717, 1.165) is 6.08 Å². The molecule has 0 bridgehead atoms. The van der Waals surface area contributed by atoms with Gasteiger partial charge in [0.2, 0.25) is 0 Å². The monoisotopic (exact) mass is 172 g/mol. The molecule has 0 amide bonds. The van der Waals surface area contributed by atoms with E-state index in [0.29, 0.717) is 6.29 Å². The van der Waals surface area contributed by atoms with Gasteiger partial charge >= 0.3 is 0 Å². The smallest absolute Gasteiger partial charge is 0.185 e. The van der Waals surface area contributed by atoms with Gasteiger partial charge in [-0.3, -0.25) is 0 Å². The fourth-order valence-electron chi connectivity index (χ4n) is 0.576. The van der Waals surface area contributed by atoms with Gasteiger partial charge in [0.1, 0.15) is 12.0 Å². The van der Waals surface area contributed by atoms with Crippen molar-refractivity contribution in [2.24, 2.45) is 0 Å². The Labute approximate surface area is 67.2 Å². The highest BCUT2D eigenvalue weighted by molar-refractivity contribution is 6.69. The van der Waals surface area contributed by atoms with Crippen LogP contribution < -0.4 is 0 Å². The van der Waals surface area contributed by atoms with Gasteiger partial charge in [-0.2, -0.15) is 0 Å². The fourth-order valence-corrected chi connectivity index (χ4v) is 1.52. The maximum absolute atomic E-state index is 10.3. The molecule has 0 aliphatic rings. The molecule has 0 saturated carbocycles. The van der Waals surface area contributed by atoms with Gasteiger partial charge in [-0.05, 0) is 19.6 Å². The van der Waals surface area contributed by atoms with Crippen LogP contribution in [0.25, 0.3) is 0 Å². The summed E-state index contributed by atoms with van der Waals surface area (Å²) in [6, 6.07) is 0. The van der Waals surface area contributed by atoms with Crippen LogP contribution in [0.3, 0.4) is 0 Å². The highest BCUT2D eigenvalue weighted by Gasteiger charge is 2.18. The predicted octanol–water partition coefficient (Wildman–Crippen LogP) is 0.793. The Balaban J connectivity index is 4.08. The summed E-state index contributed by atoms with van der Waals surface area (Å²) in [4.78, 5) is 20.1. The second kappa shape index (κ2) is 4.23. The summed E-state index contributed by atoms with van der Waals surface area (Å²) in [5.74, 6) is 1.53. The quantitative estimate of drug-likeness (QED) is 0.358. The van der Waals surface area contributed by atoms with Crippen molar-refractivity contribution in [3.63, 3.8) is 0 Å². The molecule has 0 aromatic heterocycles. The summed E-state index contributed by atoms with van der Waals surface area (Å²) >= 11 is 0. The van der Waals surface area contributed by atoms with Crippen LogP contribution in [0, 0.1) is 0 Å². The van der Waals surface area contributed by atoms with E-state index in [1.54, 1.807) is 0 Å². The van der Waals surface area contributed by atoms with E-state index in [9.17, 15) is 9.59 Å². The summed E-state index contributed by atoms with van der Waals surface area (Å²) in [6.07, 6.45) is 0.980. The average molecular weight is 172 g/mol. The maximum Gasteiger partial charge on any atom is 0.185 e. The molecule has 0 aromatic carbocycles. The van der Waals surface area contributed by atoms with E-state index < -0.39 is 14.4 Å². The first-order chi connectivity index (χ1) is 4.99. The molecule has 0 rings (SSSR count). The van der Waals surface area contributed by atoms with Crippen LogP contribution in [0.15, 0.2) is 6.08 Å². The predicted molar refractivity (Wildman–Crippen MR) is 44.5 cm³/mol. The maximum atomic E-state index is 10.3. The number of rotatable bonds is 4. The molecule has 0 saturated heterocycles. The first-order valence-corrected chi connectivity index (χ1v) is 6.74. The highest BCUT2D eigenvalue weighted by Crippen LogP contribution is 2.05. The van der Waals surface area contributed by atoms with Gasteiger partial charge in [-0.25, -0.2) is 4.79 Å². The van der Waals surface area contributed by atoms with Crippen molar-refractivity contribution >= 4 is 20.5 Å². The zero-order valence-electron chi connectivity index (χ0n) is 6.96. The van der Waals surface area contributed by atoms with Crippen molar-refractivity contribution < 1.29 is 14.0 Å². The SMILES string of the molecule is C[Si](C)(C)OC(C=O)C=C=O. The molecule has 4 heteroatoms. The van der Waals surface area contributed by atoms with Crippen LogP contribution in [0.4, 0.5) is 0 Å². The van der Waals surface area contributed by atoms with Crippen molar-refractivity contribution in [3.05, 3.63) is 6.08 Å². The molecule has 0 aliphatic carbocycles. The topological polar surface area (TPSA) is 43.4 Å². The van der Waals surface area contributed by atoms with Crippen LogP contribution in [-0.2, 0) is 14.0 Å². The van der Waals surface area contributed by atoms with Gasteiger partial charge < -0.3 is 9.22 Å². The second-order valence-electron chi connectivity index (χ2n) is 3.12. The van der Waals surface area contributed by atoms with Gasteiger partial charge in [0, 0.05) is 6.08 Å². The van der Waals surface area contributed by atoms with E-state index in [2.05, 4.69) is 0 Å². The molecule has 0 heterocycles. The van der Waals surface area contributed by atoms with Crippen LogP contribution >= 0.6 is 0 Å². The van der Waals surface area contributed by atoms with E-state index in [4.69, 9.17) is 4.43 Å². The fraction of sp³-hybridized carbons (Fsp3) is 0.571. The lowest BCUT2D eigenvalue weighted by Gasteiger charge is -2.19. The van der Waals surface area contributed by atoms with Crippen LogP contribution in [-0.4, -0.2) is 26.6 Å². The van der Waals surface area contributed by atoms with Gasteiger partial charge in [0.15, 0.2) is 14.6 Å². The zero-order chi connectivity index (χ0) is 8.91. The van der Waals surface area contributed by atoms with Gasteiger partial charge in [0.05, 0.1) is 0 Å². The molecule has 0 radical (unpaired) electrons. The van der Waals surface area contributed by atoms with Gasteiger partial charge in [-0.1, -0.05) is 0 Å². The van der Waals surface area contributed by atoms with Crippen LogP contribution in [0.1, 0.15) is 0 Å². The van der Waals surface area contributed by atoms with Crippen molar-refractivity contribution in [2.45, 2.75) is 25.7 Å². The lowest BCUT2D eigenvalue weighted by Crippen LogP contribution is -2.31. The number of carbonyl (C=O) groups excluding carboxylic acids is 2. The summed E-state index contributed by atoms with van der Waals surface area (Å²) in [5.41, 5.74) is 0. The number of aldehydes is 1. The minimum Gasteiger partial charge on any atom is -0.404 e. The summed E-state index contributed by atoms with van der Waals surface area (Å²) < 4.78 is 5.28. The highest BCUT2D eigenvalue weighted by atomic mass is 28.4. The number of carbonyl (C=O) groups is 1. The minimum absolute atomic E-state index is 0.600. The van der Waals surface area contributed by atoms with E-state index >= 15 is 0 Å². The molecule has 0 aliphatic heterocycles. The third kappa shape index (κ3) is 5.73. The summed E-state index contributed by atoms with van der Waals surface area (Å²) in [6.45, 7) is 5.84. The molecule has 3 nitrogen and oxygen atoms in total. The standard InChI is InChI=1S/C7H12O3Si/c1-11(2,3)10-7(6-9)4-5-8/h4,6-7H,1-3H3. The van der Waals surface area contributed by atoms with E-state index in [1.807, 2.05) is 19.6 Å². The Bertz CT molecular complexity index is 177. The molecule has 0 fully saturated rings. The normalized spacial score (nSPS) is 13.4. The number of hydrogen-bond acceptors (Lipinski definition) is 3. The van der Waals surface area contributed by atoms with Gasteiger partial charge in [0.25, 0.3) is 0 Å². The minimum atomic E-state index is -1.72. The number of hydrogen-bond donors (Lipinski definition) is 0. The second-order valence-corrected chi connectivity index (χ2v) is 7.58. The van der Waals surface area contributed by atoms with Crippen LogP contribution in [0.2, 0.25) is 19.6 Å². The first-order valence-electron chi connectivity index (χ1n) is 3.33. The molecule has 0 aromatic rings. The lowest BCUT2D eigenvalue weighted by atomic mass is 10.4. The lowest BCUT2D eigenvalue weighted by molar-refractivity contribution is -0.112. The molecule has 1 atom stereocenters. The van der Waals surface area contributed by atoms with Crippen molar-refractivity contribution in [1.29, 1.82) is 0 Å². The van der Waals surface area contributed by atoms with Crippen LogP contribution in [0.5, 0.6) is 0 Å². The van der Waals surface area contributed by atoms with Crippen molar-refractivity contribution in [1.82, 2.24) is 0 Å². The molecule has 1 unspecified atom stereocenters. The Hall–Kier alpha value is -0.703. The Morgan fingerprint density at radius 2 is 2.00 bits per heavy atom. The Kier molecular flexibility index (Phi) is 3.96. The third-order valence-electron chi connectivity index (χ3n) is 0.856. The summed E-state index contributed by atoms with van der Waals surface area (Å²) in [5, 5.41) is 0. The molecule has 11 heavy (non-hydrogen) atoms. The molecular formula is C7H12O3Si. The molecule has 0 N–H and O–H groups in total. The first kappa shape index (κ1) is 10.3. The largest absolute Gasteiger partial charge is 0.404 e. The van der Waals surface area contributed by atoms with E-state index in [-0.39, 0.29) is 0 Å². The Morgan fingerprint density at radius 1 is 1.45 bits per heavy atom. The van der Waals surface area contributed by atoms with Crippen molar-refractivity contribution in [3.8, 4) is 0 Å². The molecule has 0 spiro atoms.